The third-order valence-corrected chi connectivity index (χ3v) is 2.83. The lowest BCUT2D eigenvalue weighted by Gasteiger charge is -2.07. The van der Waals surface area contributed by atoms with Gasteiger partial charge in [0.1, 0.15) is 0 Å². The number of fused-ring (bicyclic) bond motifs is 1. The minimum absolute atomic E-state index is 0.281. The summed E-state index contributed by atoms with van der Waals surface area (Å²) in [4.78, 5) is 20.2. The lowest BCUT2D eigenvalue weighted by atomic mass is 10.1. The van der Waals surface area contributed by atoms with Crippen LogP contribution in [0.2, 0.25) is 0 Å². The third kappa shape index (κ3) is 1.98. The number of aryl methyl sites for hydroxylation is 3. The number of nitrogens with zero attached hydrogens (tertiary/aromatic N) is 2. The van der Waals surface area contributed by atoms with E-state index in [2.05, 4.69) is 14.7 Å². The van der Waals surface area contributed by atoms with Gasteiger partial charge in [0, 0.05) is 0 Å². The van der Waals surface area contributed by atoms with Crippen LogP contribution in [0.4, 0.5) is 0 Å². The van der Waals surface area contributed by atoms with Gasteiger partial charge in [-0.15, -0.1) is 0 Å². The predicted octanol–water partition coefficient (Wildman–Crippen LogP) is 2.34. The number of hydrogen-bond donors (Lipinski definition) is 0. The van der Waals surface area contributed by atoms with E-state index in [0.29, 0.717) is 5.69 Å². The van der Waals surface area contributed by atoms with Crippen molar-refractivity contribution in [3.63, 3.8) is 0 Å². The number of carbonyl (C=O) groups is 1. The first-order valence-electron chi connectivity index (χ1n) is 5.37. The summed E-state index contributed by atoms with van der Waals surface area (Å²) in [6.45, 7) is 5.79. The summed E-state index contributed by atoms with van der Waals surface area (Å²) in [6.07, 6.45) is 0. The summed E-state index contributed by atoms with van der Waals surface area (Å²) >= 11 is 0. The van der Waals surface area contributed by atoms with E-state index in [0.717, 1.165) is 22.2 Å². The number of esters is 1. The van der Waals surface area contributed by atoms with Crippen molar-refractivity contribution < 1.29 is 9.53 Å². The fourth-order valence-electron chi connectivity index (χ4n) is 1.69. The molecule has 0 bridgehead atoms. The van der Waals surface area contributed by atoms with Crippen LogP contribution in [-0.4, -0.2) is 23.0 Å². The zero-order valence-corrected chi connectivity index (χ0v) is 10.4. The molecule has 0 spiro atoms. The Morgan fingerprint density at radius 3 is 2.12 bits per heavy atom. The maximum absolute atomic E-state index is 11.5. The van der Waals surface area contributed by atoms with Crippen LogP contribution < -0.4 is 0 Å². The Hall–Kier alpha value is -1.97. The van der Waals surface area contributed by atoms with Crippen molar-refractivity contribution in [1.82, 2.24) is 9.97 Å². The van der Waals surface area contributed by atoms with Crippen LogP contribution in [0.15, 0.2) is 12.1 Å². The number of carbonyl (C=O) groups excluding carboxylic acids is 1. The van der Waals surface area contributed by atoms with E-state index in [4.69, 9.17) is 0 Å². The molecule has 1 aromatic heterocycles. The van der Waals surface area contributed by atoms with Crippen molar-refractivity contribution in [1.29, 1.82) is 0 Å². The first-order valence-corrected chi connectivity index (χ1v) is 5.37. The summed E-state index contributed by atoms with van der Waals surface area (Å²) in [6, 6.07) is 3.91. The van der Waals surface area contributed by atoms with Gasteiger partial charge in [-0.25, -0.2) is 14.8 Å². The van der Waals surface area contributed by atoms with E-state index in [1.165, 1.54) is 7.11 Å². The maximum Gasteiger partial charge on any atom is 0.358 e. The molecule has 0 radical (unpaired) electrons. The van der Waals surface area contributed by atoms with Crippen LogP contribution in [0, 0.1) is 20.8 Å². The van der Waals surface area contributed by atoms with Gasteiger partial charge in [-0.2, -0.15) is 0 Å². The van der Waals surface area contributed by atoms with Gasteiger partial charge in [0.15, 0.2) is 5.69 Å². The third-order valence-electron chi connectivity index (χ3n) is 2.83. The molecule has 4 heteroatoms. The minimum Gasteiger partial charge on any atom is -0.464 e. The van der Waals surface area contributed by atoms with Crippen molar-refractivity contribution in [3.05, 3.63) is 34.6 Å². The molecule has 0 aliphatic rings. The fraction of sp³-hybridized carbons (Fsp3) is 0.308. The highest BCUT2D eigenvalue weighted by Gasteiger charge is 2.14. The van der Waals surface area contributed by atoms with Crippen molar-refractivity contribution in [2.45, 2.75) is 20.8 Å². The van der Waals surface area contributed by atoms with E-state index in [-0.39, 0.29) is 5.69 Å². The molecule has 2 aromatic rings. The number of aromatic nitrogens is 2. The molecule has 1 heterocycles. The zero-order chi connectivity index (χ0) is 12.6. The predicted molar refractivity (Wildman–Crippen MR) is 65.1 cm³/mol. The molecule has 2 rings (SSSR count). The van der Waals surface area contributed by atoms with Crippen molar-refractivity contribution >= 4 is 17.0 Å². The van der Waals surface area contributed by atoms with Gasteiger partial charge in [-0.05, 0) is 44.0 Å². The zero-order valence-electron chi connectivity index (χ0n) is 10.4. The summed E-state index contributed by atoms with van der Waals surface area (Å²) in [5.41, 5.74) is 4.69. The molecule has 0 atom stereocenters. The highest BCUT2D eigenvalue weighted by Crippen LogP contribution is 2.18. The van der Waals surface area contributed by atoms with Crippen LogP contribution in [0.1, 0.15) is 27.3 Å². The van der Waals surface area contributed by atoms with E-state index >= 15 is 0 Å². The molecule has 17 heavy (non-hydrogen) atoms. The quantitative estimate of drug-likeness (QED) is 0.705. The molecular formula is C13H14N2O2. The molecule has 0 aliphatic heterocycles. The Bertz CT molecular complexity index is 606. The number of methoxy groups -OCH3 is 1. The second kappa shape index (κ2) is 4.13. The molecule has 88 valence electrons. The van der Waals surface area contributed by atoms with E-state index in [9.17, 15) is 4.79 Å². The SMILES string of the molecule is COC(=O)c1nc2cc(C)c(C)cc2nc1C. The average Bonchev–Trinajstić information content (AvgIpc) is 2.30. The van der Waals surface area contributed by atoms with Crippen LogP contribution in [-0.2, 0) is 4.74 Å². The molecule has 1 aromatic carbocycles. The minimum atomic E-state index is -0.449. The lowest BCUT2D eigenvalue weighted by molar-refractivity contribution is 0.0593. The highest BCUT2D eigenvalue weighted by molar-refractivity contribution is 5.91. The average molecular weight is 230 g/mol. The first-order chi connectivity index (χ1) is 8.02. The molecule has 4 nitrogen and oxygen atoms in total. The molecule has 0 saturated carbocycles. The van der Waals surface area contributed by atoms with Crippen LogP contribution >= 0.6 is 0 Å². The molecule has 0 saturated heterocycles. The largest absolute Gasteiger partial charge is 0.464 e. The normalized spacial score (nSPS) is 10.6. The summed E-state index contributed by atoms with van der Waals surface area (Å²) < 4.78 is 4.68. The Morgan fingerprint density at radius 1 is 1.06 bits per heavy atom. The fourth-order valence-corrected chi connectivity index (χ4v) is 1.69. The van der Waals surface area contributed by atoms with Gasteiger partial charge >= 0.3 is 5.97 Å². The Balaban J connectivity index is 2.71. The Kier molecular flexibility index (Phi) is 2.79. The number of benzene rings is 1. The number of hydrogen-bond acceptors (Lipinski definition) is 4. The van der Waals surface area contributed by atoms with Gasteiger partial charge in [-0.1, -0.05) is 0 Å². The summed E-state index contributed by atoms with van der Waals surface area (Å²) in [5.74, 6) is -0.449. The van der Waals surface area contributed by atoms with Crippen LogP contribution in [0.5, 0.6) is 0 Å². The van der Waals surface area contributed by atoms with E-state index < -0.39 is 5.97 Å². The van der Waals surface area contributed by atoms with E-state index in [1.807, 2.05) is 26.0 Å². The van der Waals surface area contributed by atoms with Gasteiger partial charge in [0.05, 0.1) is 23.8 Å². The lowest BCUT2D eigenvalue weighted by Crippen LogP contribution is -2.08. The summed E-state index contributed by atoms with van der Waals surface area (Å²) in [5, 5.41) is 0. The second-order valence-electron chi connectivity index (χ2n) is 4.07. The summed E-state index contributed by atoms with van der Waals surface area (Å²) in [7, 11) is 1.34. The van der Waals surface area contributed by atoms with Crippen LogP contribution in [0.25, 0.3) is 11.0 Å². The topological polar surface area (TPSA) is 52.1 Å². The van der Waals surface area contributed by atoms with Crippen molar-refractivity contribution in [3.8, 4) is 0 Å². The Morgan fingerprint density at radius 2 is 1.59 bits per heavy atom. The van der Waals surface area contributed by atoms with E-state index in [1.54, 1.807) is 6.92 Å². The molecule has 0 unspecified atom stereocenters. The molecule has 0 aliphatic carbocycles. The first kappa shape index (κ1) is 11.5. The van der Waals surface area contributed by atoms with Gasteiger partial charge in [0.25, 0.3) is 0 Å². The maximum atomic E-state index is 11.5. The molecule has 0 amide bonds. The highest BCUT2D eigenvalue weighted by atomic mass is 16.5. The monoisotopic (exact) mass is 230 g/mol. The van der Waals surface area contributed by atoms with Crippen molar-refractivity contribution in [2.24, 2.45) is 0 Å². The standard InChI is InChI=1S/C13H14N2O2/c1-7-5-10-11(6-8(7)2)15-12(9(3)14-10)13(16)17-4/h5-6H,1-4H3. The van der Waals surface area contributed by atoms with Crippen LogP contribution in [0.3, 0.4) is 0 Å². The van der Waals surface area contributed by atoms with Gasteiger partial charge in [0.2, 0.25) is 0 Å². The number of ether oxygens (including phenoxy) is 1. The van der Waals surface area contributed by atoms with Crippen molar-refractivity contribution in [2.75, 3.05) is 7.11 Å². The number of rotatable bonds is 1. The molecule has 0 N–H and O–H groups in total. The van der Waals surface area contributed by atoms with Gasteiger partial charge in [-0.3, -0.25) is 0 Å². The molecule has 0 fully saturated rings. The smallest absolute Gasteiger partial charge is 0.358 e. The Labute approximate surface area is 99.7 Å². The van der Waals surface area contributed by atoms with Gasteiger partial charge < -0.3 is 4.74 Å². The molecular weight excluding hydrogens is 216 g/mol. The second-order valence-corrected chi connectivity index (χ2v) is 4.07.